The largest absolute Gasteiger partial charge is 0.368 e. The number of hydrogen-bond acceptors (Lipinski definition) is 2. The smallest absolute Gasteiger partial charge is 0.0401 e. The summed E-state index contributed by atoms with van der Waals surface area (Å²) in [6.07, 6.45) is 6.29. The molecule has 2 N–H and O–H groups in total. The van der Waals surface area contributed by atoms with E-state index in [1.165, 1.54) is 43.5 Å². The predicted octanol–water partition coefficient (Wildman–Crippen LogP) is 2.96. The lowest BCUT2D eigenvalue weighted by Crippen LogP contribution is -2.39. The number of rotatable bonds is 4. The number of anilines is 1. The van der Waals surface area contributed by atoms with Crippen LogP contribution < -0.4 is 10.6 Å². The van der Waals surface area contributed by atoms with E-state index in [9.17, 15) is 0 Å². The van der Waals surface area contributed by atoms with Gasteiger partial charge in [-0.2, -0.15) is 0 Å². The standard InChI is InChI=1S/C15H24N2/c1-2-14-8-5-6-12-17(14)15-9-4-3-7-13(15)10-11-16/h3-4,7,9,14H,2,5-6,8,10-12,16H2,1H3. The third kappa shape index (κ3) is 2.81. The van der Waals surface area contributed by atoms with Crippen LogP contribution in [0.25, 0.3) is 0 Å². The molecule has 1 aromatic carbocycles. The van der Waals surface area contributed by atoms with Crippen LogP contribution in [0.15, 0.2) is 24.3 Å². The minimum absolute atomic E-state index is 0.725. The van der Waals surface area contributed by atoms with Crippen LogP contribution >= 0.6 is 0 Å². The van der Waals surface area contributed by atoms with Gasteiger partial charge in [-0.3, -0.25) is 0 Å². The van der Waals surface area contributed by atoms with Gasteiger partial charge in [0.05, 0.1) is 0 Å². The Morgan fingerprint density at radius 1 is 1.29 bits per heavy atom. The fourth-order valence-corrected chi connectivity index (χ4v) is 2.90. The van der Waals surface area contributed by atoms with E-state index in [-0.39, 0.29) is 0 Å². The summed E-state index contributed by atoms with van der Waals surface area (Å²) in [7, 11) is 0. The summed E-state index contributed by atoms with van der Waals surface area (Å²) in [5, 5.41) is 0. The number of nitrogens with two attached hydrogens (primary N) is 1. The van der Waals surface area contributed by atoms with Crippen LogP contribution in [0.2, 0.25) is 0 Å². The Balaban J connectivity index is 2.24. The SMILES string of the molecule is CCC1CCCCN1c1ccccc1CCN. The summed E-state index contributed by atoms with van der Waals surface area (Å²) in [6, 6.07) is 9.49. The van der Waals surface area contributed by atoms with Gasteiger partial charge in [0.15, 0.2) is 0 Å². The second-order valence-electron chi connectivity index (χ2n) is 4.92. The van der Waals surface area contributed by atoms with E-state index in [1.807, 2.05) is 0 Å². The molecule has 0 spiro atoms. The van der Waals surface area contributed by atoms with Gasteiger partial charge < -0.3 is 10.6 Å². The van der Waals surface area contributed by atoms with Crippen molar-refractivity contribution in [3.05, 3.63) is 29.8 Å². The van der Waals surface area contributed by atoms with E-state index >= 15 is 0 Å². The fraction of sp³-hybridized carbons (Fsp3) is 0.600. The molecule has 94 valence electrons. The highest BCUT2D eigenvalue weighted by atomic mass is 15.2. The van der Waals surface area contributed by atoms with Crippen molar-refractivity contribution in [2.45, 2.75) is 45.1 Å². The molecule has 0 radical (unpaired) electrons. The van der Waals surface area contributed by atoms with Crippen molar-refractivity contribution in [3.63, 3.8) is 0 Å². The molecule has 1 unspecified atom stereocenters. The molecule has 1 atom stereocenters. The Labute approximate surface area is 105 Å². The number of para-hydroxylation sites is 1. The van der Waals surface area contributed by atoms with Gasteiger partial charge in [-0.1, -0.05) is 25.1 Å². The highest BCUT2D eigenvalue weighted by molar-refractivity contribution is 5.55. The highest BCUT2D eigenvalue weighted by Gasteiger charge is 2.22. The molecule has 1 fully saturated rings. The fourth-order valence-electron chi connectivity index (χ4n) is 2.90. The lowest BCUT2D eigenvalue weighted by molar-refractivity contribution is 0.449. The normalized spacial score (nSPS) is 20.6. The van der Waals surface area contributed by atoms with Crippen LogP contribution in [0, 0.1) is 0 Å². The summed E-state index contributed by atoms with van der Waals surface area (Å²) < 4.78 is 0. The Morgan fingerprint density at radius 3 is 2.88 bits per heavy atom. The molecule has 2 heteroatoms. The zero-order valence-corrected chi connectivity index (χ0v) is 10.9. The summed E-state index contributed by atoms with van der Waals surface area (Å²) in [6.45, 7) is 4.25. The lowest BCUT2D eigenvalue weighted by atomic mass is 9.97. The Hall–Kier alpha value is -1.02. The van der Waals surface area contributed by atoms with E-state index in [4.69, 9.17) is 5.73 Å². The van der Waals surface area contributed by atoms with E-state index in [2.05, 4.69) is 36.1 Å². The van der Waals surface area contributed by atoms with Crippen LogP contribution in [0.4, 0.5) is 5.69 Å². The molecule has 2 nitrogen and oxygen atoms in total. The molecule has 17 heavy (non-hydrogen) atoms. The predicted molar refractivity (Wildman–Crippen MR) is 74.5 cm³/mol. The molecule has 0 aliphatic carbocycles. The summed E-state index contributed by atoms with van der Waals surface area (Å²) in [5.74, 6) is 0. The van der Waals surface area contributed by atoms with Crippen LogP contribution in [-0.4, -0.2) is 19.1 Å². The minimum Gasteiger partial charge on any atom is -0.368 e. The summed E-state index contributed by atoms with van der Waals surface area (Å²) in [4.78, 5) is 2.61. The Morgan fingerprint density at radius 2 is 2.12 bits per heavy atom. The van der Waals surface area contributed by atoms with Crippen LogP contribution in [0.1, 0.15) is 38.2 Å². The summed E-state index contributed by atoms with van der Waals surface area (Å²) in [5.41, 5.74) is 8.54. The van der Waals surface area contributed by atoms with E-state index < -0.39 is 0 Å². The van der Waals surface area contributed by atoms with Gasteiger partial charge in [-0.05, 0) is 50.3 Å². The van der Waals surface area contributed by atoms with Gasteiger partial charge in [0.1, 0.15) is 0 Å². The zero-order valence-electron chi connectivity index (χ0n) is 10.9. The molecular formula is C15H24N2. The van der Waals surface area contributed by atoms with Gasteiger partial charge in [0.25, 0.3) is 0 Å². The maximum atomic E-state index is 5.71. The first kappa shape index (κ1) is 12.4. The van der Waals surface area contributed by atoms with E-state index in [1.54, 1.807) is 0 Å². The van der Waals surface area contributed by atoms with Crippen molar-refractivity contribution in [3.8, 4) is 0 Å². The van der Waals surface area contributed by atoms with Gasteiger partial charge in [0, 0.05) is 18.3 Å². The van der Waals surface area contributed by atoms with Crippen LogP contribution in [0.5, 0.6) is 0 Å². The Bertz CT molecular complexity index is 349. The topological polar surface area (TPSA) is 29.3 Å². The number of benzene rings is 1. The van der Waals surface area contributed by atoms with Gasteiger partial charge >= 0.3 is 0 Å². The molecule has 1 aliphatic heterocycles. The first-order chi connectivity index (χ1) is 8.36. The minimum atomic E-state index is 0.725. The van der Waals surface area contributed by atoms with Crippen molar-refractivity contribution in [1.29, 1.82) is 0 Å². The van der Waals surface area contributed by atoms with Gasteiger partial charge in [-0.25, -0.2) is 0 Å². The molecule has 2 rings (SSSR count). The average molecular weight is 232 g/mol. The average Bonchev–Trinajstić information content (AvgIpc) is 2.40. The number of hydrogen-bond donors (Lipinski definition) is 1. The maximum Gasteiger partial charge on any atom is 0.0401 e. The first-order valence-corrected chi connectivity index (χ1v) is 6.91. The molecule has 1 saturated heterocycles. The van der Waals surface area contributed by atoms with Crippen molar-refractivity contribution in [2.75, 3.05) is 18.0 Å². The van der Waals surface area contributed by atoms with Gasteiger partial charge in [0.2, 0.25) is 0 Å². The van der Waals surface area contributed by atoms with Crippen LogP contribution in [0.3, 0.4) is 0 Å². The van der Waals surface area contributed by atoms with Crippen molar-refractivity contribution < 1.29 is 0 Å². The second-order valence-corrected chi connectivity index (χ2v) is 4.92. The molecule has 1 aliphatic rings. The summed E-state index contributed by atoms with van der Waals surface area (Å²) >= 11 is 0. The molecule has 0 aromatic heterocycles. The van der Waals surface area contributed by atoms with Crippen molar-refractivity contribution >= 4 is 5.69 Å². The van der Waals surface area contributed by atoms with Crippen LogP contribution in [-0.2, 0) is 6.42 Å². The Kier molecular flexibility index (Phi) is 4.43. The third-order valence-corrected chi connectivity index (χ3v) is 3.81. The van der Waals surface area contributed by atoms with E-state index in [0.717, 1.165) is 19.0 Å². The molecule has 1 aromatic rings. The molecule has 0 saturated carbocycles. The van der Waals surface area contributed by atoms with Crippen molar-refractivity contribution in [1.82, 2.24) is 0 Å². The maximum absolute atomic E-state index is 5.71. The lowest BCUT2D eigenvalue weighted by Gasteiger charge is -2.38. The zero-order chi connectivity index (χ0) is 12.1. The van der Waals surface area contributed by atoms with E-state index in [0.29, 0.717) is 0 Å². The molecule has 1 heterocycles. The third-order valence-electron chi connectivity index (χ3n) is 3.81. The second kappa shape index (κ2) is 6.06. The quantitative estimate of drug-likeness (QED) is 0.865. The number of nitrogens with zero attached hydrogens (tertiary/aromatic N) is 1. The molecule has 0 amide bonds. The highest BCUT2D eigenvalue weighted by Crippen LogP contribution is 2.29. The molecular weight excluding hydrogens is 208 g/mol. The van der Waals surface area contributed by atoms with Crippen molar-refractivity contribution in [2.24, 2.45) is 5.73 Å². The molecule has 0 bridgehead atoms. The van der Waals surface area contributed by atoms with Gasteiger partial charge in [-0.15, -0.1) is 0 Å². The first-order valence-electron chi connectivity index (χ1n) is 6.91. The monoisotopic (exact) mass is 232 g/mol. The number of piperidine rings is 1.